The molecule has 0 bridgehead atoms. The molecule has 0 aromatic carbocycles. The van der Waals surface area contributed by atoms with Crippen LogP contribution in [0.1, 0.15) is 46.5 Å². The highest BCUT2D eigenvalue weighted by Crippen LogP contribution is 2.37. The fourth-order valence-corrected chi connectivity index (χ4v) is 2.44. The molecule has 2 atom stereocenters. The standard InChI is InChI=1S/C12H22O2/c1-4-14-12(9-13)7-5-6-11(8-12)10(2)3/h9-11H,4-8H2,1-3H3. The van der Waals surface area contributed by atoms with Gasteiger partial charge in [0.1, 0.15) is 5.60 Å². The van der Waals surface area contributed by atoms with Crippen molar-refractivity contribution in [3.63, 3.8) is 0 Å². The summed E-state index contributed by atoms with van der Waals surface area (Å²) in [5.41, 5.74) is -0.456. The first-order valence-corrected chi connectivity index (χ1v) is 5.74. The first-order chi connectivity index (χ1) is 6.63. The summed E-state index contributed by atoms with van der Waals surface area (Å²) in [4.78, 5) is 11.1. The van der Waals surface area contributed by atoms with Crippen LogP contribution in [-0.4, -0.2) is 18.5 Å². The highest BCUT2D eigenvalue weighted by molar-refractivity contribution is 5.62. The molecular formula is C12H22O2. The Labute approximate surface area is 87.0 Å². The Kier molecular flexibility index (Phi) is 4.11. The van der Waals surface area contributed by atoms with Crippen LogP contribution in [-0.2, 0) is 9.53 Å². The largest absolute Gasteiger partial charge is 0.368 e. The summed E-state index contributed by atoms with van der Waals surface area (Å²) >= 11 is 0. The Morgan fingerprint density at radius 2 is 2.29 bits per heavy atom. The molecule has 1 saturated carbocycles. The number of hydrogen-bond donors (Lipinski definition) is 0. The third-order valence-corrected chi connectivity index (χ3v) is 3.37. The lowest BCUT2D eigenvalue weighted by molar-refractivity contribution is -0.138. The Bertz CT molecular complexity index is 185. The van der Waals surface area contributed by atoms with Gasteiger partial charge in [-0.3, -0.25) is 0 Å². The van der Waals surface area contributed by atoms with Crippen LogP contribution < -0.4 is 0 Å². The number of rotatable bonds is 4. The van der Waals surface area contributed by atoms with Gasteiger partial charge in [0.25, 0.3) is 0 Å². The van der Waals surface area contributed by atoms with Gasteiger partial charge in [-0.2, -0.15) is 0 Å². The molecule has 0 spiro atoms. The van der Waals surface area contributed by atoms with E-state index in [-0.39, 0.29) is 0 Å². The molecule has 1 aliphatic rings. The van der Waals surface area contributed by atoms with E-state index in [1.54, 1.807) is 0 Å². The van der Waals surface area contributed by atoms with E-state index in [2.05, 4.69) is 13.8 Å². The van der Waals surface area contributed by atoms with Crippen molar-refractivity contribution in [2.24, 2.45) is 11.8 Å². The van der Waals surface area contributed by atoms with Gasteiger partial charge in [-0.05, 0) is 44.4 Å². The van der Waals surface area contributed by atoms with Crippen LogP contribution in [0.25, 0.3) is 0 Å². The molecule has 0 aromatic rings. The van der Waals surface area contributed by atoms with Crippen molar-refractivity contribution < 1.29 is 9.53 Å². The Balaban J connectivity index is 2.63. The van der Waals surface area contributed by atoms with Gasteiger partial charge in [0, 0.05) is 6.61 Å². The van der Waals surface area contributed by atoms with Crippen molar-refractivity contribution >= 4 is 6.29 Å². The fraction of sp³-hybridized carbons (Fsp3) is 0.917. The summed E-state index contributed by atoms with van der Waals surface area (Å²) in [5, 5.41) is 0. The number of hydrogen-bond acceptors (Lipinski definition) is 2. The van der Waals surface area contributed by atoms with Crippen molar-refractivity contribution in [1.29, 1.82) is 0 Å². The monoisotopic (exact) mass is 198 g/mol. The van der Waals surface area contributed by atoms with Crippen molar-refractivity contribution in [2.45, 2.75) is 52.1 Å². The average Bonchev–Trinajstić information content (AvgIpc) is 2.18. The maximum atomic E-state index is 11.1. The molecule has 82 valence electrons. The Hall–Kier alpha value is -0.370. The molecule has 0 aliphatic heterocycles. The zero-order valence-corrected chi connectivity index (χ0v) is 9.58. The minimum Gasteiger partial charge on any atom is -0.368 e. The predicted molar refractivity (Wildman–Crippen MR) is 57.2 cm³/mol. The van der Waals surface area contributed by atoms with Gasteiger partial charge in [-0.25, -0.2) is 0 Å². The van der Waals surface area contributed by atoms with Crippen LogP contribution >= 0.6 is 0 Å². The average molecular weight is 198 g/mol. The lowest BCUT2D eigenvalue weighted by Gasteiger charge is -2.38. The number of aldehydes is 1. The molecule has 0 saturated heterocycles. The molecule has 1 rings (SSSR count). The zero-order chi connectivity index (χ0) is 10.6. The van der Waals surface area contributed by atoms with Crippen molar-refractivity contribution in [1.82, 2.24) is 0 Å². The van der Waals surface area contributed by atoms with E-state index in [4.69, 9.17) is 4.74 Å². The number of carbonyl (C=O) groups is 1. The summed E-state index contributed by atoms with van der Waals surface area (Å²) in [6.07, 6.45) is 5.24. The lowest BCUT2D eigenvalue weighted by atomic mass is 9.74. The molecule has 2 nitrogen and oxygen atoms in total. The first-order valence-electron chi connectivity index (χ1n) is 5.74. The van der Waals surface area contributed by atoms with Crippen LogP contribution in [0.5, 0.6) is 0 Å². The first kappa shape index (κ1) is 11.7. The zero-order valence-electron chi connectivity index (χ0n) is 9.58. The minimum absolute atomic E-state index is 0.456. The highest BCUT2D eigenvalue weighted by Gasteiger charge is 2.37. The van der Waals surface area contributed by atoms with E-state index in [1.165, 1.54) is 6.42 Å². The quantitative estimate of drug-likeness (QED) is 0.649. The molecule has 1 aliphatic carbocycles. The number of ether oxygens (including phenoxy) is 1. The summed E-state index contributed by atoms with van der Waals surface area (Å²) in [6.45, 7) is 7.07. The number of carbonyl (C=O) groups excluding carboxylic acids is 1. The van der Waals surface area contributed by atoms with Gasteiger partial charge in [0.15, 0.2) is 6.29 Å². The Morgan fingerprint density at radius 1 is 1.57 bits per heavy atom. The van der Waals surface area contributed by atoms with Gasteiger partial charge >= 0.3 is 0 Å². The maximum Gasteiger partial charge on any atom is 0.151 e. The molecule has 0 amide bonds. The topological polar surface area (TPSA) is 26.3 Å². The van der Waals surface area contributed by atoms with Gasteiger partial charge in [-0.1, -0.05) is 13.8 Å². The predicted octanol–water partition coefficient (Wildman–Crippen LogP) is 2.81. The van der Waals surface area contributed by atoms with E-state index >= 15 is 0 Å². The van der Waals surface area contributed by atoms with E-state index in [9.17, 15) is 4.79 Å². The SMILES string of the molecule is CCOC1(C=O)CCCC(C(C)C)C1. The van der Waals surface area contributed by atoms with Gasteiger partial charge < -0.3 is 9.53 Å². The second kappa shape index (κ2) is 4.92. The highest BCUT2D eigenvalue weighted by atomic mass is 16.5. The van der Waals surface area contributed by atoms with E-state index in [1.807, 2.05) is 6.92 Å². The third-order valence-electron chi connectivity index (χ3n) is 3.37. The van der Waals surface area contributed by atoms with E-state index in [0.29, 0.717) is 18.4 Å². The fourth-order valence-electron chi connectivity index (χ4n) is 2.44. The Morgan fingerprint density at radius 3 is 2.79 bits per heavy atom. The summed E-state index contributed by atoms with van der Waals surface area (Å²) in [7, 11) is 0. The molecule has 1 fully saturated rings. The molecule has 0 aromatic heterocycles. The van der Waals surface area contributed by atoms with Crippen molar-refractivity contribution in [2.75, 3.05) is 6.61 Å². The van der Waals surface area contributed by atoms with Crippen molar-refractivity contribution in [3.8, 4) is 0 Å². The molecule has 14 heavy (non-hydrogen) atoms. The molecule has 2 unspecified atom stereocenters. The molecule has 0 radical (unpaired) electrons. The smallest absolute Gasteiger partial charge is 0.151 e. The normalized spacial score (nSPS) is 33.3. The van der Waals surface area contributed by atoms with Gasteiger partial charge in [0.05, 0.1) is 0 Å². The summed E-state index contributed by atoms with van der Waals surface area (Å²) in [6, 6.07) is 0. The van der Waals surface area contributed by atoms with E-state index in [0.717, 1.165) is 25.5 Å². The maximum absolute atomic E-state index is 11.1. The van der Waals surface area contributed by atoms with E-state index < -0.39 is 5.60 Å². The molecular weight excluding hydrogens is 176 g/mol. The summed E-state index contributed by atoms with van der Waals surface area (Å²) < 4.78 is 5.63. The third kappa shape index (κ3) is 2.57. The van der Waals surface area contributed by atoms with Crippen LogP contribution in [0, 0.1) is 11.8 Å². The van der Waals surface area contributed by atoms with Gasteiger partial charge in [-0.15, -0.1) is 0 Å². The van der Waals surface area contributed by atoms with Crippen LogP contribution in [0.15, 0.2) is 0 Å². The van der Waals surface area contributed by atoms with Crippen LogP contribution in [0.2, 0.25) is 0 Å². The molecule has 0 heterocycles. The van der Waals surface area contributed by atoms with Crippen LogP contribution in [0.4, 0.5) is 0 Å². The molecule has 0 N–H and O–H groups in total. The van der Waals surface area contributed by atoms with Gasteiger partial charge in [0.2, 0.25) is 0 Å². The summed E-state index contributed by atoms with van der Waals surface area (Å²) in [5.74, 6) is 1.32. The minimum atomic E-state index is -0.456. The lowest BCUT2D eigenvalue weighted by Crippen LogP contribution is -2.41. The van der Waals surface area contributed by atoms with Crippen molar-refractivity contribution in [3.05, 3.63) is 0 Å². The molecule has 2 heteroatoms. The second-order valence-electron chi connectivity index (χ2n) is 4.72. The second-order valence-corrected chi connectivity index (χ2v) is 4.72. The van der Waals surface area contributed by atoms with Crippen LogP contribution in [0.3, 0.4) is 0 Å².